The van der Waals surface area contributed by atoms with E-state index in [4.69, 9.17) is 5.26 Å². The van der Waals surface area contributed by atoms with Crippen molar-refractivity contribution in [1.82, 2.24) is 0 Å². The van der Waals surface area contributed by atoms with Gasteiger partial charge in [0.15, 0.2) is 0 Å². The van der Waals surface area contributed by atoms with Crippen LogP contribution in [0.2, 0.25) is 0 Å². The summed E-state index contributed by atoms with van der Waals surface area (Å²) in [5, 5.41) is 12.4. The maximum absolute atomic E-state index is 11.1. The Morgan fingerprint density at radius 3 is 2.91 bits per heavy atom. The quantitative estimate of drug-likeness (QED) is 0.454. The molecule has 0 saturated heterocycles. The minimum absolute atomic E-state index is 0.383. The molecule has 0 amide bonds. The Hall–Kier alpha value is -2.33. The number of methoxy groups -OCH3 is 1. The molecule has 0 spiro atoms. The molecule has 0 unspecified atom stereocenters. The first-order chi connectivity index (χ1) is 11.1. The van der Waals surface area contributed by atoms with Crippen LogP contribution >= 0.6 is 22.6 Å². The van der Waals surface area contributed by atoms with E-state index in [2.05, 4.69) is 38.7 Å². The van der Waals surface area contributed by atoms with Gasteiger partial charge in [-0.2, -0.15) is 5.26 Å². The zero-order chi connectivity index (χ0) is 16.7. The third-order valence-electron chi connectivity index (χ3n) is 3.15. The van der Waals surface area contributed by atoms with Crippen LogP contribution in [0.5, 0.6) is 0 Å². The lowest BCUT2D eigenvalue weighted by molar-refractivity contribution is -0.134. The Labute approximate surface area is 148 Å². The number of carbonyl (C=O) groups is 1. The Balaban J connectivity index is 2.05. The van der Waals surface area contributed by atoms with E-state index in [1.54, 1.807) is 6.08 Å². The number of anilines is 1. The molecule has 1 N–H and O–H groups in total. The minimum Gasteiger partial charge on any atom is -0.466 e. The normalized spacial score (nSPS) is 10.3. The third kappa shape index (κ3) is 5.11. The lowest BCUT2D eigenvalue weighted by atomic mass is 10.1. The highest BCUT2D eigenvalue weighted by molar-refractivity contribution is 14.1. The van der Waals surface area contributed by atoms with Crippen LogP contribution in [0.1, 0.15) is 16.7 Å². The lowest BCUT2D eigenvalue weighted by Crippen LogP contribution is -2.00. The number of carbonyl (C=O) groups excluding carboxylic acids is 1. The van der Waals surface area contributed by atoms with Crippen molar-refractivity contribution in [2.24, 2.45) is 0 Å². The molecule has 2 aromatic carbocycles. The van der Waals surface area contributed by atoms with Gasteiger partial charge in [-0.05, 0) is 64.1 Å². The molecule has 0 atom stereocenters. The molecule has 4 nitrogen and oxygen atoms in total. The van der Waals surface area contributed by atoms with Crippen LogP contribution in [-0.4, -0.2) is 13.1 Å². The molecule has 0 saturated carbocycles. The van der Waals surface area contributed by atoms with Gasteiger partial charge in [-0.15, -0.1) is 0 Å². The average Bonchev–Trinajstić information content (AvgIpc) is 2.59. The number of hydrogen-bond acceptors (Lipinski definition) is 4. The van der Waals surface area contributed by atoms with Gasteiger partial charge in [0.05, 0.1) is 12.7 Å². The zero-order valence-electron chi connectivity index (χ0n) is 12.5. The summed E-state index contributed by atoms with van der Waals surface area (Å²) >= 11 is 2.15. The van der Waals surface area contributed by atoms with Crippen LogP contribution < -0.4 is 5.32 Å². The van der Waals surface area contributed by atoms with E-state index in [1.807, 2.05) is 42.5 Å². The molecule has 0 radical (unpaired) electrons. The lowest BCUT2D eigenvalue weighted by Gasteiger charge is -2.08. The molecule has 0 fully saturated rings. The van der Waals surface area contributed by atoms with Crippen molar-refractivity contribution in [3.05, 3.63) is 68.8 Å². The first-order valence-corrected chi connectivity index (χ1v) is 7.99. The van der Waals surface area contributed by atoms with Crippen LogP contribution in [0.4, 0.5) is 5.69 Å². The second-order valence-corrected chi connectivity index (χ2v) is 5.92. The van der Waals surface area contributed by atoms with Crippen molar-refractivity contribution in [2.75, 3.05) is 12.4 Å². The highest BCUT2D eigenvalue weighted by atomic mass is 127. The fourth-order valence-electron chi connectivity index (χ4n) is 1.96. The Bertz CT molecular complexity index is 779. The highest BCUT2D eigenvalue weighted by Crippen LogP contribution is 2.16. The summed E-state index contributed by atoms with van der Waals surface area (Å²) in [7, 11) is 1.35. The molecular formula is C18H15IN2O2. The maximum Gasteiger partial charge on any atom is 0.330 e. The molecule has 5 heteroatoms. The van der Waals surface area contributed by atoms with Crippen LogP contribution in [-0.2, 0) is 16.1 Å². The van der Waals surface area contributed by atoms with Crippen LogP contribution in [0.15, 0.2) is 48.5 Å². The summed E-state index contributed by atoms with van der Waals surface area (Å²) in [5.74, 6) is -0.383. The van der Waals surface area contributed by atoms with Crippen molar-refractivity contribution in [1.29, 1.82) is 5.26 Å². The van der Waals surface area contributed by atoms with E-state index in [9.17, 15) is 4.79 Å². The van der Waals surface area contributed by atoms with Gasteiger partial charge in [0, 0.05) is 21.9 Å². The van der Waals surface area contributed by atoms with Gasteiger partial charge < -0.3 is 10.1 Å². The molecule has 0 aliphatic heterocycles. The summed E-state index contributed by atoms with van der Waals surface area (Å²) in [4.78, 5) is 11.1. The molecule has 0 bridgehead atoms. The molecule has 116 valence electrons. The molecule has 2 rings (SSSR count). The van der Waals surface area contributed by atoms with E-state index in [-0.39, 0.29) is 5.97 Å². The molecule has 0 aromatic heterocycles. The average molecular weight is 418 g/mol. The Morgan fingerprint density at radius 2 is 2.17 bits per heavy atom. The van der Waals surface area contributed by atoms with Crippen LogP contribution in [0.25, 0.3) is 6.08 Å². The number of nitrogens with one attached hydrogen (secondary N) is 1. The smallest absolute Gasteiger partial charge is 0.330 e. The van der Waals surface area contributed by atoms with Crippen LogP contribution in [0.3, 0.4) is 0 Å². The predicted octanol–water partition coefficient (Wildman–Crippen LogP) is 3.96. The van der Waals surface area contributed by atoms with Gasteiger partial charge in [-0.1, -0.05) is 18.2 Å². The van der Waals surface area contributed by atoms with Crippen LogP contribution in [0, 0.1) is 14.9 Å². The maximum atomic E-state index is 11.1. The van der Waals surface area contributed by atoms with E-state index >= 15 is 0 Å². The number of halogens is 1. The largest absolute Gasteiger partial charge is 0.466 e. The monoisotopic (exact) mass is 418 g/mol. The summed E-state index contributed by atoms with van der Waals surface area (Å²) in [6, 6.07) is 15.7. The van der Waals surface area contributed by atoms with Crippen molar-refractivity contribution in [2.45, 2.75) is 6.54 Å². The summed E-state index contributed by atoms with van der Waals surface area (Å²) < 4.78 is 5.52. The van der Waals surface area contributed by atoms with Crippen molar-refractivity contribution < 1.29 is 9.53 Å². The minimum atomic E-state index is -0.383. The number of nitriles is 1. The molecule has 0 aliphatic carbocycles. The first-order valence-electron chi connectivity index (χ1n) is 6.91. The second kappa shape index (κ2) is 8.34. The fraction of sp³-hybridized carbons (Fsp3) is 0.111. The van der Waals surface area contributed by atoms with Gasteiger partial charge in [-0.25, -0.2) is 4.79 Å². The van der Waals surface area contributed by atoms with Crippen molar-refractivity contribution in [3.8, 4) is 6.07 Å². The standard InChI is InChI=1S/C18H15IN2O2/c1-23-18(22)8-6-13-3-2-4-16(10-13)21-12-14-5-7-17(19)15(9-14)11-20/h2-10,21H,12H2,1H3/b8-6+. The Morgan fingerprint density at radius 1 is 1.35 bits per heavy atom. The van der Waals surface area contributed by atoms with E-state index in [0.29, 0.717) is 12.1 Å². The number of hydrogen-bond donors (Lipinski definition) is 1. The Kier molecular flexibility index (Phi) is 6.18. The molecule has 23 heavy (non-hydrogen) atoms. The van der Waals surface area contributed by atoms with Crippen molar-refractivity contribution >= 4 is 40.3 Å². The van der Waals surface area contributed by atoms with Gasteiger partial charge in [-0.3, -0.25) is 0 Å². The summed E-state index contributed by atoms with van der Waals surface area (Å²) in [6.45, 7) is 0.621. The number of nitrogens with zero attached hydrogens (tertiary/aromatic N) is 1. The topological polar surface area (TPSA) is 62.1 Å². The van der Waals surface area contributed by atoms with Gasteiger partial charge in [0.1, 0.15) is 6.07 Å². The van der Waals surface area contributed by atoms with Crippen molar-refractivity contribution in [3.63, 3.8) is 0 Å². The molecule has 0 heterocycles. The third-order valence-corrected chi connectivity index (χ3v) is 4.09. The van der Waals surface area contributed by atoms with Gasteiger partial charge in [0.25, 0.3) is 0 Å². The van der Waals surface area contributed by atoms with E-state index in [0.717, 1.165) is 20.4 Å². The van der Waals surface area contributed by atoms with Gasteiger partial charge in [0.2, 0.25) is 0 Å². The molecular weight excluding hydrogens is 403 g/mol. The predicted molar refractivity (Wildman–Crippen MR) is 98.7 cm³/mol. The van der Waals surface area contributed by atoms with E-state index in [1.165, 1.54) is 13.2 Å². The number of esters is 1. The number of benzene rings is 2. The second-order valence-electron chi connectivity index (χ2n) is 4.76. The number of ether oxygens (including phenoxy) is 1. The highest BCUT2D eigenvalue weighted by Gasteiger charge is 2.01. The summed E-state index contributed by atoms with van der Waals surface area (Å²) in [6.07, 6.45) is 3.09. The molecule has 0 aliphatic rings. The SMILES string of the molecule is COC(=O)/C=C/c1cccc(NCc2ccc(I)c(C#N)c2)c1. The van der Waals surface area contributed by atoms with E-state index < -0.39 is 0 Å². The molecule has 2 aromatic rings. The number of rotatable bonds is 5. The summed E-state index contributed by atoms with van der Waals surface area (Å²) in [5.41, 5.74) is 3.56. The first kappa shape index (κ1) is 17.0. The zero-order valence-corrected chi connectivity index (χ0v) is 14.7. The fourth-order valence-corrected chi connectivity index (χ4v) is 2.41. The van der Waals surface area contributed by atoms with Gasteiger partial charge >= 0.3 is 5.97 Å².